The van der Waals surface area contributed by atoms with Gasteiger partial charge in [-0.1, -0.05) is 59.4 Å². The summed E-state index contributed by atoms with van der Waals surface area (Å²) < 4.78 is 5.78. The zero-order valence-electron chi connectivity index (χ0n) is 23.8. The van der Waals surface area contributed by atoms with Gasteiger partial charge in [0.25, 0.3) is 5.91 Å². The summed E-state index contributed by atoms with van der Waals surface area (Å²) in [5.41, 5.74) is 3.46. The molecule has 4 aromatic rings. The molecule has 8 nitrogen and oxygen atoms in total. The summed E-state index contributed by atoms with van der Waals surface area (Å²) in [5.74, 6) is -0.390. The monoisotopic (exact) mass is 623 g/mol. The van der Waals surface area contributed by atoms with Crippen LogP contribution in [0.25, 0.3) is 0 Å². The first-order valence-electron chi connectivity index (χ1n) is 14.8. The smallest absolute Gasteiger partial charge is 0.305 e. The number of rotatable bonds is 6. The number of aromatic amines is 1. The molecule has 2 aliphatic heterocycles. The van der Waals surface area contributed by atoms with Crippen LogP contribution < -0.4 is 19.8 Å². The number of hydrogen-bond donors (Lipinski definition) is 2. The van der Waals surface area contributed by atoms with Crippen molar-refractivity contribution in [3.8, 4) is 5.75 Å². The first-order valence-corrected chi connectivity index (χ1v) is 16.5. The van der Waals surface area contributed by atoms with E-state index in [-0.39, 0.29) is 70.0 Å². The second-order valence-electron chi connectivity index (χ2n) is 12.1. The van der Waals surface area contributed by atoms with E-state index in [9.17, 15) is 19.2 Å². The van der Waals surface area contributed by atoms with E-state index in [0.29, 0.717) is 17.1 Å². The molecule has 3 amide bonds. The van der Waals surface area contributed by atoms with Crippen LogP contribution >= 0.6 is 23.1 Å². The third kappa shape index (κ3) is 4.34. The second kappa shape index (κ2) is 10.5. The number of H-pyrrole nitrogens is 1. The number of carbonyl (C=O) groups excluding carboxylic acids is 3. The number of carbonyl (C=O) groups is 3. The number of amides is 3. The summed E-state index contributed by atoms with van der Waals surface area (Å²) in [7, 11) is 0. The van der Waals surface area contributed by atoms with Gasteiger partial charge in [-0.3, -0.25) is 24.1 Å². The fraction of sp³-hybridized carbons (Fsp3) is 0.294. The minimum Gasteiger partial charge on any atom is -0.484 e. The van der Waals surface area contributed by atoms with Crippen LogP contribution in [0, 0.1) is 36.5 Å². The summed E-state index contributed by atoms with van der Waals surface area (Å²) >= 11 is 2.92. The number of ether oxygens (including phenoxy) is 1. The highest BCUT2D eigenvalue weighted by Crippen LogP contribution is 2.68. The standard InChI is InChI=1S/C34H29N3O5S2/c1-17-7-11-20(12-8-17)37-32(39)27-22-15-23(28(27)33(37)40)29-26(22)25(30-31(43-29)36-34(41)44-30)18-9-13-21(14-10-18)42-16-24(38)35-19-5-3-2-4-6-19/h2-14,22-23,25-29H,15-16H2,1H3,(H,35,38)(H,36,41)/t22?,23?,25-,26?,27?,28?,29?/m1/s1. The zero-order chi connectivity index (χ0) is 30.1. The molecule has 2 bridgehead atoms. The molecule has 0 spiro atoms. The van der Waals surface area contributed by atoms with Gasteiger partial charge in [-0.2, -0.15) is 0 Å². The van der Waals surface area contributed by atoms with Crippen LogP contribution in [0.1, 0.15) is 28.3 Å². The van der Waals surface area contributed by atoms with Crippen molar-refractivity contribution < 1.29 is 19.1 Å². The maximum atomic E-state index is 13.9. The number of thiazole rings is 1. The van der Waals surface area contributed by atoms with Crippen molar-refractivity contribution in [2.45, 2.75) is 29.5 Å². The van der Waals surface area contributed by atoms with Gasteiger partial charge in [-0.05, 0) is 73.1 Å². The van der Waals surface area contributed by atoms with Gasteiger partial charge in [0, 0.05) is 21.7 Å². The molecule has 4 aliphatic rings. The molecule has 8 rings (SSSR count). The predicted molar refractivity (Wildman–Crippen MR) is 169 cm³/mol. The highest BCUT2D eigenvalue weighted by atomic mass is 32.2. The van der Waals surface area contributed by atoms with E-state index in [4.69, 9.17) is 4.74 Å². The number of aromatic nitrogens is 1. The van der Waals surface area contributed by atoms with Gasteiger partial charge in [-0.15, -0.1) is 11.8 Å². The number of nitrogens with one attached hydrogen (secondary N) is 2. The number of thioether (sulfide) groups is 1. The van der Waals surface area contributed by atoms with Gasteiger partial charge >= 0.3 is 4.87 Å². The zero-order valence-corrected chi connectivity index (χ0v) is 25.4. The molecule has 10 heteroatoms. The van der Waals surface area contributed by atoms with E-state index in [2.05, 4.69) is 10.3 Å². The summed E-state index contributed by atoms with van der Waals surface area (Å²) in [5, 5.41) is 3.81. The molecule has 1 aromatic heterocycles. The highest BCUT2D eigenvalue weighted by Gasteiger charge is 2.69. The molecule has 0 radical (unpaired) electrons. The quantitative estimate of drug-likeness (QED) is 0.277. The average molecular weight is 624 g/mol. The molecule has 222 valence electrons. The summed E-state index contributed by atoms with van der Waals surface area (Å²) in [6.45, 7) is 1.86. The van der Waals surface area contributed by atoms with Crippen LogP contribution in [-0.2, 0) is 14.4 Å². The Balaban J connectivity index is 1.06. The van der Waals surface area contributed by atoms with Gasteiger partial charge in [0.15, 0.2) is 6.61 Å². The van der Waals surface area contributed by atoms with Crippen LogP contribution in [0.4, 0.5) is 11.4 Å². The van der Waals surface area contributed by atoms with Crippen molar-refractivity contribution in [2.24, 2.45) is 29.6 Å². The van der Waals surface area contributed by atoms with Crippen molar-refractivity contribution >= 4 is 52.2 Å². The molecule has 2 saturated carbocycles. The fourth-order valence-corrected chi connectivity index (χ4v) is 10.9. The number of nitrogens with zero attached hydrogens (tertiary/aromatic N) is 1. The summed E-state index contributed by atoms with van der Waals surface area (Å²) in [4.78, 5) is 58.0. The van der Waals surface area contributed by atoms with E-state index in [1.165, 1.54) is 16.2 Å². The number of para-hydroxylation sites is 1. The van der Waals surface area contributed by atoms with Crippen LogP contribution in [0.3, 0.4) is 0 Å². The number of hydrogen-bond acceptors (Lipinski definition) is 7. The molecule has 1 saturated heterocycles. The molecular weight excluding hydrogens is 595 g/mol. The van der Waals surface area contributed by atoms with E-state index in [1.807, 2.05) is 85.8 Å². The van der Waals surface area contributed by atoms with Gasteiger partial charge in [0.2, 0.25) is 11.8 Å². The fourth-order valence-electron chi connectivity index (χ4n) is 7.98. The van der Waals surface area contributed by atoms with Crippen molar-refractivity contribution in [1.82, 2.24) is 4.98 Å². The summed E-state index contributed by atoms with van der Waals surface area (Å²) in [6, 6.07) is 24.5. The van der Waals surface area contributed by atoms with Crippen LogP contribution in [0.15, 0.2) is 88.7 Å². The van der Waals surface area contributed by atoms with E-state index >= 15 is 0 Å². The molecule has 6 unspecified atom stereocenters. The maximum Gasteiger partial charge on any atom is 0.305 e. The number of aryl methyl sites for hydroxylation is 1. The molecule has 44 heavy (non-hydrogen) atoms. The van der Waals surface area contributed by atoms with Crippen molar-refractivity contribution in [2.75, 3.05) is 16.8 Å². The van der Waals surface area contributed by atoms with Crippen LogP contribution in [0.5, 0.6) is 5.75 Å². The molecule has 2 N–H and O–H groups in total. The lowest BCUT2D eigenvalue weighted by Gasteiger charge is -2.43. The molecule has 2 aliphatic carbocycles. The Labute approximate surface area is 261 Å². The van der Waals surface area contributed by atoms with Crippen LogP contribution in [-0.4, -0.2) is 34.6 Å². The second-order valence-corrected chi connectivity index (χ2v) is 14.3. The van der Waals surface area contributed by atoms with Gasteiger partial charge in [-0.25, -0.2) is 0 Å². The third-order valence-corrected chi connectivity index (χ3v) is 12.3. The maximum absolute atomic E-state index is 13.9. The Kier molecular flexibility index (Phi) is 6.53. The molecule has 7 atom stereocenters. The Morgan fingerprint density at radius 3 is 2.36 bits per heavy atom. The van der Waals surface area contributed by atoms with Crippen molar-refractivity contribution in [3.63, 3.8) is 0 Å². The molecule has 3 aromatic carbocycles. The van der Waals surface area contributed by atoms with E-state index in [0.717, 1.165) is 27.5 Å². The predicted octanol–water partition coefficient (Wildman–Crippen LogP) is 5.44. The Hall–Kier alpha value is -4.15. The van der Waals surface area contributed by atoms with Gasteiger partial charge in [0.05, 0.1) is 22.5 Å². The molecule has 3 fully saturated rings. The Morgan fingerprint density at radius 1 is 0.932 bits per heavy atom. The summed E-state index contributed by atoms with van der Waals surface area (Å²) in [6.07, 6.45) is 0.838. The first kappa shape index (κ1) is 27.4. The molecular formula is C34H29N3O5S2. The van der Waals surface area contributed by atoms with Crippen LogP contribution in [0.2, 0.25) is 0 Å². The SMILES string of the molecule is Cc1ccc(N2C(=O)C3C4CC(C3C2=O)C2C4Sc3[nH]c(=O)sc3[C@@H]2c2ccc(OCC(=O)Nc3ccccc3)cc2)cc1. The third-order valence-electron chi connectivity index (χ3n) is 9.68. The lowest BCUT2D eigenvalue weighted by molar-refractivity contribution is -0.123. The lowest BCUT2D eigenvalue weighted by atomic mass is 9.68. The van der Waals surface area contributed by atoms with E-state index in [1.54, 1.807) is 11.8 Å². The normalized spacial score (nSPS) is 28.0. The molecule has 3 heterocycles. The minimum atomic E-state index is -0.346. The Bertz CT molecular complexity index is 1840. The highest BCUT2D eigenvalue weighted by molar-refractivity contribution is 8.00. The van der Waals surface area contributed by atoms with Gasteiger partial charge in [0.1, 0.15) is 5.75 Å². The first-order chi connectivity index (χ1) is 21.4. The topological polar surface area (TPSA) is 109 Å². The lowest BCUT2D eigenvalue weighted by Crippen LogP contribution is -2.42. The number of benzene rings is 3. The Morgan fingerprint density at radius 2 is 1.64 bits per heavy atom. The number of fused-ring (bicyclic) bond motifs is 9. The average Bonchev–Trinajstić information content (AvgIpc) is 3.76. The number of anilines is 2. The van der Waals surface area contributed by atoms with Crippen molar-refractivity contribution in [1.29, 1.82) is 0 Å². The van der Waals surface area contributed by atoms with Crippen molar-refractivity contribution in [3.05, 3.63) is 105 Å². The van der Waals surface area contributed by atoms with E-state index < -0.39 is 0 Å². The number of imide groups is 1. The minimum absolute atomic E-state index is 0.0439. The van der Waals surface area contributed by atoms with Gasteiger partial charge < -0.3 is 15.0 Å². The largest absolute Gasteiger partial charge is 0.484 e.